The molecular weight excluding hydrogens is 489 g/mol. The van der Waals surface area contributed by atoms with Crippen LogP contribution in [0.25, 0.3) is 28.2 Å². The smallest absolute Gasteiger partial charge is 0.254 e. The highest BCUT2D eigenvalue weighted by molar-refractivity contribution is 6.31. The zero-order valence-electron chi connectivity index (χ0n) is 18.7. The van der Waals surface area contributed by atoms with E-state index in [-0.39, 0.29) is 39.7 Å². The van der Waals surface area contributed by atoms with Crippen LogP contribution in [-0.4, -0.2) is 49.7 Å². The summed E-state index contributed by atoms with van der Waals surface area (Å²) in [6.07, 6.45) is 6.74. The number of hydrogen-bond donors (Lipinski definition) is 2. The molecule has 5 aromatic rings. The van der Waals surface area contributed by atoms with Crippen LogP contribution in [-0.2, 0) is 0 Å². The summed E-state index contributed by atoms with van der Waals surface area (Å²) in [5.41, 5.74) is 7.11. The van der Waals surface area contributed by atoms with Crippen LogP contribution in [0, 0.1) is 5.82 Å². The van der Waals surface area contributed by atoms with Crippen molar-refractivity contribution in [2.75, 3.05) is 5.73 Å². The molecule has 0 saturated heterocycles. The number of H-pyrrole nitrogens is 1. The summed E-state index contributed by atoms with van der Waals surface area (Å²) in [6, 6.07) is 3.88. The number of halogens is 2. The van der Waals surface area contributed by atoms with Gasteiger partial charge in [-0.05, 0) is 29.0 Å². The molecule has 0 saturated carbocycles. The maximum absolute atomic E-state index is 15.3. The molecule has 1 aliphatic heterocycles. The number of aromatic amines is 1. The molecule has 0 amide bonds. The topological polar surface area (TPSA) is 159 Å². The normalized spacial score (nSPS) is 16.9. The number of fused-ring (bicyclic) bond motifs is 1. The molecule has 4 aromatic heterocycles. The third kappa shape index (κ3) is 3.51. The van der Waals surface area contributed by atoms with Gasteiger partial charge in [-0.25, -0.2) is 24.3 Å². The molecule has 1 aliphatic rings. The van der Waals surface area contributed by atoms with Crippen molar-refractivity contribution in [3.63, 3.8) is 0 Å². The number of nitrogens with zero attached hydrogens (tertiary/aromatic N) is 9. The number of anilines is 1. The molecular formula is C22H17ClFN11O. The van der Waals surface area contributed by atoms with E-state index in [4.69, 9.17) is 22.3 Å². The summed E-state index contributed by atoms with van der Waals surface area (Å²) < 4.78 is 18.1. The molecule has 6 rings (SSSR count). The van der Waals surface area contributed by atoms with Crippen molar-refractivity contribution in [3.05, 3.63) is 76.0 Å². The second-order valence-corrected chi connectivity index (χ2v) is 8.79. The zero-order valence-corrected chi connectivity index (χ0v) is 19.4. The third-order valence-electron chi connectivity index (χ3n) is 6.13. The third-order valence-corrected chi connectivity index (χ3v) is 6.42. The SMILES string of the molecule is CC1CC(c2ncc(-c3cnc(N)nc3)[nH]2)n2c1nc(-c1c(-n3cnnn3)ccc(Cl)c1F)cc2=O. The van der Waals surface area contributed by atoms with Crippen molar-refractivity contribution < 1.29 is 4.39 Å². The fourth-order valence-electron chi connectivity index (χ4n) is 4.45. The van der Waals surface area contributed by atoms with Gasteiger partial charge in [0.25, 0.3) is 5.56 Å². The molecule has 14 heteroatoms. The summed E-state index contributed by atoms with van der Waals surface area (Å²) >= 11 is 6.07. The Bertz CT molecular complexity index is 1650. The van der Waals surface area contributed by atoms with Crippen molar-refractivity contribution in [2.24, 2.45) is 0 Å². The molecule has 2 unspecified atom stereocenters. The van der Waals surface area contributed by atoms with Crippen molar-refractivity contribution in [1.82, 2.24) is 49.7 Å². The summed E-state index contributed by atoms with van der Waals surface area (Å²) in [6.45, 7) is 1.95. The minimum atomic E-state index is -0.717. The molecule has 1 aromatic carbocycles. The average molecular weight is 506 g/mol. The fourth-order valence-corrected chi connectivity index (χ4v) is 4.61. The van der Waals surface area contributed by atoms with E-state index in [0.29, 0.717) is 35.0 Å². The van der Waals surface area contributed by atoms with Crippen molar-refractivity contribution >= 4 is 17.5 Å². The fraction of sp³-hybridized carbons (Fsp3) is 0.182. The largest absolute Gasteiger partial charge is 0.368 e. The Morgan fingerprint density at radius 2 is 2.00 bits per heavy atom. The van der Waals surface area contributed by atoms with Crippen molar-refractivity contribution in [3.8, 4) is 28.2 Å². The van der Waals surface area contributed by atoms with Crippen LogP contribution >= 0.6 is 11.6 Å². The highest BCUT2D eigenvalue weighted by atomic mass is 35.5. The van der Waals surface area contributed by atoms with Gasteiger partial charge in [0.2, 0.25) is 5.95 Å². The maximum atomic E-state index is 15.3. The second kappa shape index (κ2) is 8.30. The average Bonchev–Trinajstić information content (AvgIpc) is 3.62. The lowest BCUT2D eigenvalue weighted by molar-refractivity contribution is 0.555. The van der Waals surface area contributed by atoms with Gasteiger partial charge in [-0.1, -0.05) is 18.5 Å². The van der Waals surface area contributed by atoms with Crippen LogP contribution in [0.1, 0.15) is 37.0 Å². The first-order valence-electron chi connectivity index (χ1n) is 10.9. The predicted octanol–water partition coefficient (Wildman–Crippen LogP) is 2.54. The van der Waals surface area contributed by atoms with E-state index in [0.717, 1.165) is 0 Å². The van der Waals surface area contributed by atoms with Gasteiger partial charge in [-0.15, -0.1) is 5.10 Å². The molecule has 36 heavy (non-hydrogen) atoms. The number of nitrogen functional groups attached to an aromatic ring is 1. The summed E-state index contributed by atoms with van der Waals surface area (Å²) in [5.74, 6) is 0.454. The lowest BCUT2D eigenvalue weighted by Gasteiger charge is -2.15. The van der Waals surface area contributed by atoms with Crippen LogP contribution < -0.4 is 11.3 Å². The van der Waals surface area contributed by atoms with Gasteiger partial charge in [0.15, 0.2) is 5.82 Å². The molecule has 180 valence electrons. The number of nitrogens with two attached hydrogens (primary N) is 1. The van der Waals surface area contributed by atoms with E-state index in [1.54, 1.807) is 29.2 Å². The number of aromatic nitrogens is 10. The van der Waals surface area contributed by atoms with Gasteiger partial charge in [0.1, 0.15) is 18.0 Å². The van der Waals surface area contributed by atoms with E-state index < -0.39 is 5.82 Å². The number of hydrogen-bond acceptors (Lipinski definition) is 9. The number of nitrogens with one attached hydrogen (secondary N) is 1. The van der Waals surface area contributed by atoms with Crippen LogP contribution in [0.4, 0.5) is 10.3 Å². The minimum Gasteiger partial charge on any atom is -0.368 e. The van der Waals surface area contributed by atoms with Gasteiger partial charge < -0.3 is 10.7 Å². The first kappa shape index (κ1) is 22.0. The van der Waals surface area contributed by atoms with Gasteiger partial charge >= 0.3 is 0 Å². The van der Waals surface area contributed by atoms with Gasteiger partial charge in [-0.2, -0.15) is 4.68 Å². The number of benzene rings is 1. The lowest BCUT2D eigenvalue weighted by atomic mass is 10.1. The Labute approximate surface area is 207 Å². The van der Waals surface area contributed by atoms with Crippen LogP contribution in [0.3, 0.4) is 0 Å². The van der Waals surface area contributed by atoms with Crippen LogP contribution in [0.5, 0.6) is 0 Å². The summed E-state index contributed by atoms with van der Waals surface area (Å²) in [7, 11) is 0. The molecule has 0 bridgehead atoms. The second-order valence-electron chi connectivity index (χ2n) is 8.38. The molecule has 5 heterocycles. The number of imidazole rings is 1. The Hall–Kier alpha value is -4.52. The number of rotatable bonds is 4. The van der Waals surface area contributed by atoms with Gasteiger partial charge in [-0.3, -0.25) is 9.36 Å². The summed E-state index contributed by atoms with van der Waals surface area (Å²) in [4.78, 5) is 33.8. The highest BCUT2D eigenvalue weighted by Crippen LogP contribution is 2.39. The maximum Gasteiger partial charge on any atom is 0.254 e. The Balaban J connectivity index is 1.44. The molecule has 0 spiro atoms. The highest BCUT2D eigenvalue weighted by Gasteiger charge is 2.34. The molecule has 3 N–H and O–H groups in total. The Morgan fingerprint density at radius 3 is 2.75 bits per heavy atom. The molecule has 2 atom stereocenters. The quantitative estimate of drug-likeness (QED) is 0.374. The van der Waals surface area contributed by atoms with Crippen LogP contribution in [0.2, 0.25) is 5.02 Å². The van der Waals surface area contributed by atoms with E-state index in [1.807, 2.05) is 6.92 Å². The summed E-state index contributed by atoms with van der Waals surface area (Å²) in [5, 5.41) is 11.0. The standard InChI is InChI=1S/C22H17ClFN11O/c1-10-4-16(20-26-8-14(30-20)11-6-27-22(25)28-7-11)35-17(36)5-13(31-21(10)35)18-15(34-9-29-32-33-34)3-2-12(23)19(18)24/h2-3,5-10,16H,4H2,1H3,(H,26,30)(H2,25,27,28). The zero-order chi connectivity index (χ0) is 25.0. The Kier molecular flexibility index (Phi) is 5.07. The minimum absolute atomic E-state index is 0.0367. The molecule has 12 nitrogen and oxygen atoms in total. The predicted molar refractivity (Wildman–Crippen MR) is 127 cm³/mol. The van der Waals surface area contributed by atoms with Crippen molar-refractivity contribution in [2.45, 2.75) is 25.3 Å². The molecule has 0 fully saturated rings. The van der Waals surface area contributed by atoms with E-state index >= 15 is 4.39 Å². The first-order valence-corrected chi connectivity index (χ1v) is 11.3. The van der Waals surface area contributed by atoms with Gasteiger partial charge in [0.05, 0.1) is 39.9 Å². The molecule has 0 aliphatic carbocycles. The van der Waals surface area contributed by atoms with E-state index in [1.165, 1.54) is 23.1 Å². The van der Waals surface area contributed by atoms with E-state index in [9.17, 15) is 4.79 Å². The van der Waals surface area contributed by atoms with Gasteiger partial charge in [0, 0.05) is 29.9 Å². The van der Waals surface area contributed by atoms with E-state index in [2.05, 4.69) is 35.5 Å². The monoisotopic (exact) mass is 505 g/mol. The first-order chi connectivity index (χ1) is 17.4. The van der Waals surface area contributed by atoms with Crippen molar-refractivity contribution in [1.29, 1.82) is 0 Å². The molecule has 0 radical (unpaired) electrons. The Morgan fingerprint density at radius 1 is 1.19 bits per heavy atom. The lowest BCUT2D eigenvalue weighted by Crippen LogP contribution is -2.25. The van der Waals surface area contributed by atoms with Crippen LogP contribution in [0.15, 0.2) is 47.9 Å². The number of tetrazole rings is 1.